The number of rotatable bonds is 3. The number of hydrogen-bond acceptors (Lipinski definition) is 2. The van der Waals surface area contributed by atoms with Crippen LogP contribution in [-0.2, 0) is 0 Å². The minimum Gasteiger partial charge on any atom is -0.267 e. The first kappa shape index (κ1) is 11.9. The molecule has 1 N–H and O–H groups in total. The van der Waals surface area contributed by atoms with Crippen molar-refractivity contribution < 1.29 is 4.79 Å². The fourth-order valence-corrected chi connectivity index (χ4v) is 1.37. The van der Waals surface area contributed by atoms with Crippen LogP contribution in [0.1, 0.15) is 29.3 Å². The van der Waals surface area contributed by atoms with E-state index < -0.39 is 0 Å². The lowest BCUT2D eigenvalue weighted by molar-refractivity contribution is 0.0955. The van der Waals surface area contributed by atoms with Crippen molar-refractivity contribution in [3.05, 3.63) is 33.8 Å². The topological polar surface area (TPSA) is 41.5 Å². The third-order valence-electron chi connectivity index (χ3n) is 1.87. The van der Waals surface area contributed by atoms with Gasteiger partial charge in [-0.05, 0) is 31.0 Å². The quantitative estimate of drug-likeness (QED) is 0.665. The Morgan fingerprint density at radius 1 is 1.60 bits per heavy atom. The molecule has 0 aromatic heterocycles. The zero-order valence-corrected chi connectivity index (χ0v) is 10.3. The van der Waals surface area contributed by atoms with E-state index in [1.807, 2.05) is 19.9 Å². The number of nitrogens with zero attached hydrogens (tertiary/aromatic N) is 1. The van der Waals surface area contributed by atoms with Gasteiger partial charge in [0.2, 0.25) is 0 Å². The summed E-state index contributed by atoms with van der Waals surface area (Å²) in [4.78, 5) is 11.5. The lowest BCUT2D eigenvalue weighted by Crippen LogP contribution is -2.17. The number of hydrogen-bond donors (Lipinski definition) is 1. The number of hydrazone groups is 1. The minimum atomic E-state index is -0.194. The molecule has 1 aromatic carbocycles. The number of aryl methyl sites for hydroxylation is 1. The van der Waals surface area contributed by atoms with E-state index in [0.717, 1.165) is 16.5 Å². The standard InChI is InChI=1S/C11H13BrN2O/c1-3-6-13-14-11(15)9-5-4-8(2)10(12)7-9/h4-7H,3H2,1-2H3,(H,14,15)/b13-6+. The number of halogens is 1. The second-order valence-electron chi connectivity index (χ2n) is 3.12. The predicted octanol–water partition coefficient (Wildman–Crippen LogP) is 2.88. The van der Waals surface area contributed by atoms with Crippen LogP contribution in [0.2, 0.25) is 0 Å². The van der Waals surface area contributed by atoms with Gasteiger partial charge in [-0.25, -0.2) is 5.43 Å². The van der Waals surface area contributed by atoms with Crippen molar-refractivity contribution in [3.8, 4) is 0 Å². The van der Waals surface area contributed by atoms with Gasteiger partial charge in [-0.15, -0.1) is 0 Å². The molecule has 0 aliphatic carbocycles. The molecule has 0 aliphatic rings. The molecule has 0 fully saturated rings. The van der Waals surface area contributed by atoms with E-state index in [2.05, 4.69) is 26.5 Å². The number of carbonyl (C=O) groups excluding carboxylic acids is 1. The molecule has 0 saturated heterocycles. The molecule has 0 atom stereocenters. The van der Waals surface area contributed by atoms with Crippen molar-refractivity contribution in [1.29, 1.82) is 0 Å². The van der Waals surface area contributed by atoms with Crippen molar-refractivity contribution in [2.24, 2.45) is 5.10 Å². The first-order chi connectivity index (χ1) is 7.15. The zero-order chi connectivity index (χ0) is 11.3. The molecule has 1 rings (SSSR count). The number of carbonyl (C=O) groups is 1. The average molecular weight is 269 g/mol. The van der Waals surface area contributed by atoms with Crippen molar-refractivity contribution in [2.75, 3.05) is 0 Å². The Bertz CT molecular complexity index is 388. The maximum Gasteiger partial charge on any atom is 0.271 e. The van der Waals surface area contributed by atoms with Gasteiger partial charge in [0, 0.05) is 16.3 Å². The molecule has 0 radical (unpaired) electrons. The van der Waals surface area contributed by atoms with Crippen LogP contribution in [0.25, 0.3) is 0 Å². The highest BCUT2D eigenvalue weighted by molar-refractivity contribution is 9.10. The van der Waals surface area contributed by atoms with E-state index in [1.165, 1.54) is 0 Å². The Morgan fingerprint density at radius 2 is 2.33 bits per heavy atom. The molecule has 4 heteroatoms. The summed E-state index contributed by atoms with van der Waals surface area (Å²) in [6.07, 6.45) is 2.46. The molecule has 1 aromatic rings. The van der Waals surface area contributed by atoms with Crippen molar-refractivity contribution in [3.63, 3.8) is 0 Å². The van der Waals surface area contributed by atoms with Gasteiger partial charge in [0.25, 0.3) is 5.91 Å². The number of benzene rings is 1. The highest BCUT2D eigenvalue weighted by Gasteiger charge is 2.05. The molecule has 0 heterocycles. The Kier molecular flexibility index (Phi) is 4.49. The first-order valence-electron chi connectivity index (χ1n) is 4.73. The fourth-order valence-electron chi connectivity index (χ4n) is 0.994. The van der Waals surface area contributed by atoms with Gasteiger partial charge in [0.15, 0.2) is 0 Å². The summed E-state index contributed by atoms with van der Waals surface area (Å²) >= 11 is 3.38. The Labute approximate surface area is 97.7 Å². The minimum absolute atomic E-state index is 0.194. The van der Waals surface area contributed by atoms with Crippen LogP contribution >= 0.6 is 15.9 Å². The van der Waals surface area contributed by atoms with E-state index >= 15 is 0 Å². The monoisotopic (exact) mass is 268 g/mol. The van der Waals surface area contributed by atoms with E-state index in [4.69, 9.17) is 0 Å². The molecule has 1 amide bonds. The summed E-state index contributed by atoms with van der Waals surface area (Å²) in [6.45, 7) is 3.93. The smallest absolute Gasteiger partial charge is 0.267 e. The molecular formula is C11H13BrN2O. The summed E-state index contributed by atoms with van der Waals surface area (Å²) < 4.78 is 0.926. The average Bonchev–Trinajstić information content (AvgIpc) is 2.22. The van der Waals surface area contributed by atoms with Crippen LogP contribution in [-0.4, -0.2) is 12.1 Å². The van der Waals surface area contributed by atoms with Gasteiger partial charge >= 0.3 is 0 Å². The maximum absolute atomic E-state index is 11.5. The van der Waals surface area contributed by atoms with Crippen LogP contribution in [0.4, 0.5) is 0 Å². The summed E-state index contributed by atoms with van der Waals surface area (Å²) in [7, 11) is 0. The van der Waals surface area contributed by atoms with Gasteiger partial charge in [-0.3, -0.25) is 4.79 Å². The molecule has 0 aliphatic heterocycles. The van der Waals surface area contributed by atoms with E-state index in [9.17, 15) is 4.79 Å². The third-order valence-corrected chi connectivity index (χ3v) is 2.73. The maximum atomic E-state index is 11.5. The zero-order valence-electron chi connectivity index (χ0n) is 8.75. The van der Waals surface area contributed by atoms with E-state index in [1.54, 1.807) is 18.3 Å². The highest BCUT2D eigenvalue weighted by Crippen LogP contribution is 2.17. The fraction of sp³-hybridized carbons (Fsp3) is 0.273. The van der Waals surface area contributed by atoms with Gasteiger partial charge in [-0.1, -0.05) is 28.9 Å². The molecule has 0 spiro atoms. The van der Waals surface area contributed by atoms with Gasteiger partial charge < -0.3 is 0 Å². The molecule has 3 nitrogen and oxygen atoms in total. The van der Waals surface area contributed by atoms with Crippen LogP contribution < -0.4 is 5.43 Å². The summed E-state index contributed by atoms with van der Waals surface area (Å²) in [5.41, 5.74) is 4.15. The lowest BCUT2D eigenvalue weighted by Gasteiger charge is -2.02. The SMILES string of the molecule is CC/C=N/NC(=O)c1ccc(C)c(Br)c1. The van der Waals surface area contributed by atoms with Crippen LogP contribution in [0.5, 0.6) is 0 Å². The second-order valence-corrected chi connectivity index (χ2v) is 3.98. The molecular weight excluding hydrogens is 256 g/mol. The summed E-state index contributed by atoms with van der Waals surface area (Å²) in [5, 5.41) is 3.78. The Hall–Kier alpha value is -1.16. The Balaban J connectivity index is 2.74. The van der Waals surface area contributed by atoms with E-state index in [0.29, 0.717) is 5.56 Å². The van der Waals surface area contributed by atoms with Crippen LogP contribution in [0, 0.1) is 6.92 Å². The highest BCUT2D eigenvalue weighted by atomic mass is 79.9. The largest absolute Gasteiger partial charge is 0.271 e. The second kappa shape index (κ2) is 5.66. The lowest BCUT2D eigenvalue weighted by atomic mass is 10.1. The molecule has 80 valence electrons. The molecule has 0 bridgehead atoms. The van der Waals surface area contributed by atoms with Crippen molar-refractivity contribution in [2.45, 2.75) is 20.3 Å². The number of amides is 1. The Morgan fingerprint density at radius 3 is 2.93 bits per heavy atom. The van der Waals surface area contributed by atoms with Crippen LogP contribution in [0.3, 0.4) is 0 Å². The normalized spacial score (nSPS) is 10.6. The first-order valence-corrected chi connectivity index (χ1v) is 5.52. The molecule has 15 heavy (non-hydrogen) atoms. The van der Waals surface area contributed by atoms with Crippen LogP contribution in [0.15, 0.2) is 27.8 Å². The molecule has 0 saturated carbocycles. The van der Waals surface area contributed by atoms with Gasteiger partial charge in [-0.2, -0.15) is 5.10 Å². The van der Waals surface area contributed by atoms with E-state index in [-0.39, 0.29) is 5.91 Å². The van der Waals surface area contributed by atoms with Crippen molar-refractivity contribution >= 4 is 28.1 Å². The van der Waals surface area contributed by atoms with Gasteiger partial charge in [0.05, 0.1) is 0 Å². The number of nitrogens with one attached hydrogen (secondary N) is 1. The predicted molar refractivity (Wildman–Crippen MR) is 65.1 cm³/mol. The van der Waals surface area contributed by atoms with Crippen molar-refractivity contribution in [1.82, 2.24) is 5.43 Å². The third kappa shape index (κ3) is 3.47. The summed E-state index contributed by atoms with van der Waals surface area (Å²) in [5.74, 6) is -0.194. The van der Waals surface area contributed by atoms with Gasteiger partial charge in [0.1, 0.15) is 0 Å². The summed E-state index contributed by atoms with van der Waals surface area (Å²) in [6, 6.07) is 5.45. The molecule has 0 unspecified atom stereocenters.